The maximum Gasteiger partial charge on any atom is 0.157 e. The molecule has 28 heavy (non-hydrogen) atoms. The number of benzene rings is 2. The Labute approximate surface area is 179 Å². The number of para-hydroxylation sites is 1. The van der Waals surface area contributed by atoms with Crippen LogP contribution in [0.4, 0.5) is 11.5 Å². The van der Waals surface area contributed by atoms with Gasteiger partial charge in [0.1, 0.15) is 16.9 Å². The van der Waals surface area contributed by atoms with Crippen molar-refractivity contribution < 1.29 is 0 Å². The van der Waals surface area contributed by atoms with Crippen molar-refractivity contribution >= 4 is 56.0 Å². The van der Waals surface area contributed by atoms with Crippen LogP contribution < -0.4 is 5.32 Å². The average Bonchev–Trinajstić information content (AvgIpc) is 3.14. The minimum absolute atomic E-state index is 0.465. The Balaban J connectivity index is 1.87. The first-order chi connectivity index (χ1) is 13.7. The van der Waals surface area contributed by atoms with Gasteiger partial charge in [0.15, 0.2) is 5.82 Å². The first-order valence-electron chi connectivity index (χ1n) is 10.0. The molecule has 0 saturated heterocycles. The molecule has 2 heterocycles. The molecule has 5 heteroatoms. The van der Waals surface area contributed by atoms with Gasteiger partial charge in [0.05, 0.1) is 5.52 Å². The van der Waals surface area contributed by atoms with Crippen LogP contribution in [0.25, 0.3) is 21.9 Å². The fraction of sp³-hybridized carbons (Fsp3) is 0.304. The molecule has 0 spiro atoms. The summed E-state index contributed by atoms with van der Waals surface area (Å²) in [5, 5.41) is 4.61. The Hall–Kier alpha value is -2.15. The smallest absolute Gasteiger partial charge is 0.157 e. The number of aromatic nitrogens is 3. The van der Waals surface area contributed by atoms with Crippen molar-refractivity contribution in [3.05, 3.63) is 57.9 Å². The van der Waals surface area contributed by atoms with Gasteiger partial charge in [0.2, 0.25) is 0 Å². The predicted molar refractivity (Wildman–Crippen MR) is 126 cm³/mol. The molecule has 0 fully saturated rings. The molecule has 4 nitrogen and oxygen atoms in total. The van der Waals surface area contributed by atoms with E-state index in [1.54, 1.807) is 0 Å². The molecule has 0 radical (unpaired) electrons. The van der Waals surface area contributed by atoms with Crippen molar-refractivity contribution in [1.29, 1.82) is 0 Å². The average molecular weight is 484 g/mol. The van der Waals surface area contributed by atoms with Crippen LogP contribution in [0.15, 0.2) is 48.5 Å². The van der Waals surface area contributed by atoms with E-state index in [4.69, 9.17) is 9.97 Å². The zero-order valence-corrected chi connectivity index (χ0v) is 18.5. The summed E-state index contributed by atoms with van der Waals surface area (Å²) in [6, 6.07) is 16.6. The number of pyridine rings is 1. The summed E-state index contributed by atoms with van der Waals surface area (Å²) in [7, 11) is 0. The molecule has 0 unspecified atom stereocenters. The van der Waals surface area contributed by atoms with Crippen molar-refractivity contribution in [2.24, 2.45) is 0 Å². The van der Waals surface area contributed by atoms with Gasteiger partial charge in [-0.15, -0.1) is 0 Å². The summed E-state index contributed by atoms with van der Waals surface area (Å²) in [6.07, 6.45) is 4.62. The SMILES string of the molecule is CCCC(CCC)c1nc2c([nH]1)c(Nc1cccc(I)c1)nc1ccccc12. The Morgan fingerprint density at radius 1 is 1.00 bits per heavy atom. The summed E-state index contributed by atoms with van der Waals surface area (Å²) < 4.78 is 1.19. The van der Waals surface area contributed by atoms with Crippen LogP contribution in [-0.4, -0.2) is 15.0 Å². The minimum atomic E-state index is 0.465. The first-order valence-corrected chi connectivity index (χ1v) is 11.1. The molecule has 0 bridgehead atoms. The van der Waals surface area contributed by atoms with E-state index in [9.17, 15) is 0 Å². The fourth-order valence-corrected chi connectivity index (χ4v) is 4.35. The zero-order chi connectivity index (χ0) is 19.5. The number of hydrogen-bond acceptors (Lipinski definition) is 3. The van der Waals surface area contributed by atoms with Crippen molar-refractivity contribution in [3.63, 3.8) is 0 Å². The fourth-order valence-electron chi connectivity index (χ4n) is 3.81. The number of nitrogens with zero attached hydrogens (tertiary/aromatic N) is 2. The molecule has 0 saturated carbocycles. The van der Waals surface area contributed by atoms with Gasteiger partial charge in [-0.2, -0.15) is 0 Å². The largest absolute Gasteiger partial charge is 0.339 e. The van der Waals surface area contributed by atoms with E-state index >= 15 is 0 Å². The number of hydrogen-bond donors (Lipinski definition) is 2. The number of anilines is 2. The van der Waals surface area contributed by atoms with Crippen LogP contribution >= 0.6 is 22.6 Å². The van der Waals surface area contributed by atoms with Gasteiger partial charge in [0.25, 0.3) is 0 Å². The van der Waals surface area contributed by atoms with Crippen LogP contribution in [0, 0.1) is 3.57 Å². The molecular weight excluding hydrogens is 459 g/mol. The summed E-state index contributed by atoms with van der Waals surface area (Å²) in [6.45, 7) is 4.48. The van der Waals surface area contributed by atoms with E-state index in [-0.39, 0.29) is 0 Å². The maximum absolute atomic E-state index is 5.06. The second-order valence-corrected chi connectivity index (χ2v) is 8.48. The van der Waals surface area contributed by atoms with Gasteiger partial charge < -0.3 is 10.3 Å². The molecule has 0 amide bonds. The van der Waals surface area contributed by atoms with E-state index in [1.807, 2.05) is 6.07 Å². The van der Waals surface area contributed by atoms with Crippen molar-refractivity contribution in [2.45, 2.75) is 45.4 Å². The first kappa shape index (κ1) is 19.2. The lowest BCUT2D eigenvalue weighted by Gasteiger charge is -2.11. The van der Waals surface area contributed by atoms with Crippen LogP contribution in [0.3, 0.4) is 0 Å². The second-order valence-electron chi connectivity index (χ2n) is 7.23. The van der Waals surface area contributed by atoms with Crippen LogP contribution in [0.5, 0.6) is 0 Å². The van der Waals surface area contributed by atoms with E-state index in [2.05, 4.69) is 89.2 Å². The minimum Gasteiger partial charge on any atom is -0.339 e. The summed E-state index contributed by atoms with van der Waals surface area (Å²) in [5.74, 6) is 2.38. The Morgan fingerprint density at radius 3 is 2.54 bits per heavy atom. The third kappa shape index (κ3) is 3.85. The number of fused-ring (bicyclic) bond motifs is 3. The van der Waals surface area contributed by atoms with E-state index in [0.717, 1.165) is 64.9 Å². The Kier molecular flexibility index (Phi) is 5.80. The molecule has 2 aromatic heterocycles. The number of rotatable bonds is 7. The number of H-pyrrole nitrogens is 1. The van der Waals surface area contributed by atoms with Gasteiger partial charge in [0, 0.05) is 20.6 Å². The maximum atomic E-state index is 5.06. The number of imidazole rings is 1. The highest BCUT2D eigenvalue weighted by Crippen LogP contribution is 2.33. The molecule has 0 aliphatic heterocycles. The van der Waals surface area contributed by atoms with Gasteiger partial charge >= 0.3 is 0 Å². The quantitative estimate of drug-likeness (QED) is 0.274. The zero-order valence-electron chi connectivity index (χ0n) is 16.3. The molecule has 2 N–H and O–H groups in total. The lowest BCUT2D eigenvalue weighted by molar-refractivity contribution is 0.539. The normalized spacial score (nSPS) is 11.6. The monoisotopic (exact) mass is 484 g/mol. The highest BCUT2D eigenvalue weighted by atomic mass is 127. The summed E-state index contributed by atoms with van der Waals surface area (Å²) in [5.41, 5.74) is 3.99. The topological polar surface area (TPSA) is 53.6 Å². The molecule has 0 aliphatic rings. The Bertz CT molecular complexity index is 1100. The van der Waals surface area contributed by atoms with Gasteiger partial charge in [-0.3, -0.25) is 0 Å². The molecule has 144 valence electrons. The highest BCUT2D eigenvalue weighted by Gasteiger charge is 2.18. The van der Waals surface area contributed by atoms with Gasteiger partial charge in [-0.1, -0.05) is 51.0 Å². The van der Waals surface area contributed by atoms with E-state index < -0.39 is 0 Å². The number of nitrogens with one attached hydrogen (secondary N) is 2. The lowest BCUT2D eigenvalue weighted by Crippen LogP contribution is -2.00. The third-order valence-electron chi connectivity index (χ3n) is 5.10. The van der Waals surface area contributed by atoms with Crippen molar-refractivity contribution in [1.82, 2.24) is 15.0 Å². The third-order valence-corrected chi connectivity index (χ3v) is 5.77. The summed E-state index contributed by atoms with van der Waals surface area (Å²) >= 11 is 2.33. The van der Waals surface area contributed by atoms with Crippen molar-refractivity contribution in [3.8, 4) is 0 Å². The number of aromatic amines is 1. The highest BCUT2D eigenvalue weighted by molar-refractivity contribution is 14.1. The van der Waals surface area contributed by atoms with Crippen LogP contribution in [0.2, 0.25) is 0 Å². The van der Waals surface area contributed by atoms with Crippen LogP contribution in [-0.2, 0) is 0 Å². The molecule has 4 aromatic rings. The molecule has 2 aromatic carbocycles. The van der Waals surface area contributed by atoms with Gasteiger partial charge in [-0.05, 0) is 59.7 Å². The Morgan fingerprint density at radius 2 is 1.79 bits per heavy atom. The summed E-state index contributed by atoms with van der Waals surface area (Å²) in [4.78, 5) is 13.6. The van der Waals surface area contributed by atoms with Crippen molar-refractivity contribution in [2.75, 3.05) is 5.32 Å². The molecule has 4 rings (SSSR count). The van der Waals surface area contributed by atoms with Gasteiger partial charge in [-0.25, -0.2) is 9.97 Å². The molecule has 0 atom stereocenters. The predicted octanol–water partition coefficient (Wildman–Crippen LogP) is 7.14. The van der Waals surface area contributed by atoms with Crippen LogP contribution in [0.1, 0.15) is 51.3 Å². The number of halogens is 1. The lowest BCUT2D eigenvalue weighted by atomic mass is 9.98. The molecular formula is C23H25IN4. The molecule has 0 aliphatic carbocycles. The standard InChI is InChI=1S/C23H25IN4/c1-3-8-15(9-4-2)22-27-20-18-12-5-6-13-19(18)26-23(21(20)28-22)25-17-11-7-10-16(24)14-17/h5-7,10-15H,3-4,8-9H2,1-2H3,(H,25,26)(H,27,28). The van der Waals surface area contributed by atoms with E-state index in [1.165, 1.54) is 3.57 Å². The second kappa shape index (κ2) is 8.47. The van der Waals surface area contributed by atoms with E-state index in [0.29, 0.717) is 5.92 Å².